The molecule has 0 radical (unpaired) electrons. The molecule has 80 valence electrons. The molecule has 0 aliphatic heterocycles. The number of nitrogens with zero attached hydrogens (tertiary/aromatic N) is 1. The summed E-state index contributed by atoms with van der Waals surface area (Å²) in [5, 5.41) is 8.54. The SMILES string of the molecule is CCN(C=CC(=O)O)c1ccc(C)cc1. The number of hydrogen-bond acceptors (Lipinski definition) is 2. The molecule has 3 nitrogen and oxygen atoms in total. The molecule has 0 atom stereocenters. The van der Waals surface area contributed by atoms with Crippen LogP contribution in [0.4, 0.5) is 5.69 Å². The Hall–Kier alpha value is -1.77. The molecule has 0 amide bonds. The van der Waals surface area contributed by atoms with Crippen LogP contribution in [0, 0.1) is 6.92 Å². The minimum Gasteiger partial charge on any atom is -0.478 e. The van der Waals surface area contributed by atoms with Crippen LogP contribution in [-0.2, 0) is 4.79 Å². The van der Waals surface area contributed by atoms with Crippen molar-refractivity contribution in [2.45, 2.75) is 13.8 Å². The van der Waals surface area contributed by atoms with Gasteiger partial charge in [-0.1, -0.05) is 17.7 Å². The summed E-state index contributed by atoms with van der Waals surface area (Å²) in [6.45, 7) is 4.74. The van der Waals surface area contributed by atoms with Crippen molar-refractivity contribution in [1.29, 1.82) is 0 Å². The van der Waals surface area contributed by atoms with Crippen LogP contribution < -0.4 is 4.90 Å². The summed E-state index contributed by atoms with van der Waals surface area (Å²) in [5.74, 6) is -0.930. The molecular weight excluding hydrogens is 190 g/mol. The van der Waals surface area contributed by atoms with Gasteiger partial charge in [0.25, 0.3) is 0 Å². The average Bonchev–Trinajstić information content (AvgIpc) is 2.21. The summed E-state index contributed by atoms with van der Waals surface area (Å²) in [4.78, 5) is 12.3. The van der Waals surface area contributed by atoms with Crippen LogP contribution in [0.1, 0.15) is 12.5 Å². The Bertz CT molecular complexity index is 354. The van der Waals surface area contributed by atoms with Gasteiger partial charge in [0.05, 0.1) is 0 Å². The van der Waals surface area contributed by atoms with E-state index < -0.39 is 5.97 Å². The standard InChI is InChI=1S/C12H15NO2/c1-3-13(9-8-12(14)15)11-6-4-10(2)5-7-11/h4-9H,3H2,1-2H3,(H,14,15). The molecule has 0 unspecified atom stereocenters. The summed E-state index contributed by atoms with van der Waals surface area (Å²) in [6.07, 6.45) is 2.72. The zero-order valence-corrected chi connectivity index (χ0v) is 8.97. The lowest BCUT2D eigenvalue weighted by atomic mass is 10.2. The van der Waals surface area contributed by atoms with E-state index in [0.717, 1.165) is 18.3 Å². The molecule has 0 saturated heterocycles. The lowest BCUT2D eigenvalue weighted by Gasteiger charge is -2.17. The molecule has 1 aromatic rings. The molecule has 0 fully saturated rings. The largest absolute Gasteiger partial charge is 0.478 e. The van der Waals surface area contributed by atoms with E-state index >= 15 is 0 Å². The van der Waals surface area contributed by atoms with E-state index in [9.17, 15) is 4.79 Å². The minimum absolute atomic E-state index is 0.743. The minimum atomic E-state index is -0.930. The second kappa shape index (κ2) is 5.20. The van der Waals surface area contributed by atoms with Gasteiger partial charge in [0, 0.05) is 24.5 Å². The third-order valence-corrected chi connectivity index (χ3v) is 2.10. The van der Waals surface area contributed by atoms with E-state index in [-0.39, 0.29) is 0 Å². The first-order valence-corrected chi connectivity index (χ1v) is 4.88. The summed E-state index contributed by atoms with van der Waals surface area (Å²) < 4.78 is 0. The topological polar surface area (TPSA) is 40.5 Å². The summed E-state index contributed by atoms with van der Waals surface area (Å²) in [7, 11) is 0. The van der Waals surface area contributed by atoms with E-state index in [1.807, 2.05) is 43.0 Å². The molecule has 3 heteroatoms. The van der Waals surface area contributed by atoms with Gasteiger partial charge in [-0.2, -0.15) is 0 Å². The van der Waals surface area contributed by atoms with Crippen LogP contribution in [0.25, 0.3) is 0 Å². The fraction of sp³-hybridized carbons (Fsp3) is 0.250. The first kappa shape index (κ1) is 11.3. The highest BCUT2D eigenvalue weighted by molar-refractivity contribution is 5.80. The van der Waals surface area contributed by atoms with Crippen molar-refractivity contribution in [3.05, 3.63) is 42.1 Å². The van der Waals surface area contributed by atoms with Crippen molar-refractivity contribution in [1.82, 2.24) is 0 Å². The number of rotatable bonds is 4. The van der Waals surface area contributed by atoms with Gasteiger partial charge in [-0.25, -0.2) is 4.79 Å². The van der Waals surface area contributed by atoms with Gasteiger partial charge in [0.15, 0.2) is 0 Å². The maximum absolute atomic E-state index is 10.4. The molecular formula is C12H15NO2. The number of carbonyl (C=O) groups is 1. The van der Waals surface area contributed by atoms with Gasteiger partial charge in [0.1, 0.15) is 0 Å². The predicted molar refractivity (Wildman–Crippen MR) is 61.0 cm³/mol. The van der Waals surface area contributed by atoms with Crippen LogP contribution >= 0.6 is 0 Å². The molecule has 0 saturated carbocycles. The quantitative estimate of drug-likeness (QED) is 0.767. The van der Waals surface area contributed by atoms with Crippen LogP contribution in [0.15, 0.2) is 36.5 Å². The predicted octanol–water partition coefficient (Wildman–Crippen LogP) is 2.42. The molecule has 0 aliphatic carbocycles. The Labute approximate surface area is 89.6 Å². The zero-order chi connectivity index (χ0) is 11.3. The molecule has 15 heavy (non-hydrogen) atoms. The molecule has 1 rings (SSSR count). The van der Waals surface area contributed by atoms with E-state index in [0.29, 0.717) is 0 Å². The zero-order valence-electron chi connectivity index (χ0n) is 8.97. The van der Waals surface area contributed by atoms with Crippen LogP contribution in [0.2, 0.25) is 0 Å². The summed E-state index contributed by atoms with van der Waals surface area (Å²) in [5.41, 5.74) is 2.19. The van der Waals surface area contributed by atoms with Gasteiger partial charge in [-0.3, -0.25) is 0 Å². The highest BCUT2D eigenvalue weighted by atomic mass is 16.4. The van der Waals surface area contributed by atoms with Crippen molar-refractivity contribution in [2.24, 2.45) is 0 Å². The second-order valence-corrected chi connectivity index (χ2v) is 3.28. The third kappa shape index (κ3) is 3.46. The number of benzene rings is 1. The van der Waals surface area contributed by atoms with E-state index in [4.69, 9.17) is 5.11 Å². The molecule has 0 aromatic heterocycles. The monoisotopic (exact) mass is 205 g/mol. The number of aryl methyl sites for hydroxylation is 1. The first-order valence-electron chi connectivity index (χ1n) is 4.88. The van der Waals surface area contributed by atoms with Crippen molar-refractivity contribution in [3.63, 3.8) is 0 Å². The van der Waals surface area contributed by atoms with Crippen molar-refractivity contribution in [2.75, 3.05) is 11.4 Å². The lowest BCUT2D eigenvalue weighted by molar-refractivity contribution is -0.131. The molecule has 0 bridgehead atoms. The number of anilines is 1. The number of carboxylic acids is 1. The van der Waals surface area contributed by atoms with Gasteiger partial charge in [-0.05, 0) is 26.0 Å². The summed E-state index contributed by atoms with van der Waals surface area (Å²) in [6, 6.07) is 7.97. The molecule has 1 aromatic carbocycles. The first-order chi connectivity index (χ1) is 7.13. The molecule has 0 heterocycles. The van der Waals surface area contributed by atoms with Gasteiger partial charge < -0.3 is 10.0 Å². The second-order valence-electron chi connectivity index (χ2n) is 3.28. The van der Waals surface area contributed by atoms with Crippen LogP contribution in [0.3, 0.4) is 0 Å². The molecule has 0 spiro atoms. The number of aliphatic carboxylic acids is 1. The van der Waals surface area contributed by atoms with Gasteiger partial charge in [0.2, 0.25) is 0 Å². The van der Waals surface area contributed by atoms with Crippen molar-refractivity contribution >= 4 is 11.7 Å². The fourth-order valence-electron chi connectivity index (χ4n) is 1.26. The Morgan fingerprint density at radius 3 is 2.47 bits per heavy atom. The number of carboxylic acid groups (broad SMARTS) is 1. The molecule has 1 N–H and O–H groups in total. The lowest BCUT2D eigenvalue weighted by Crippen LogP contribution is -2.15. The van der Waals surface area contributed by atoms with Crippen molar-refractivity contribution < 1.29 is 9.90 Å². The fourth-order valence-corrected chi connectivity index (χ4v) is 1.26. The number of hydrogen-bond donors (Lipinski definition) is 1. The normalized spacial score (nSPS) is 10.5. The molecule has 0 aliphatic rings. The average molecular weight is 205 g/mol. The van der Waals surface area contributed by atoms with Crippen LogP contribution in [-0.4, -0.2) is 17.6 Å². The Balaban J connectivity index is 2.83. The van der Waals surface area contributed by atoms with E-state index in [1.54, 1.807) is 6.20 Å². The Morgan fingerprint density at radius 1 is 1.40 bits per heavy atom. The Morgan fingerprint density at radius 2 is 2.00 bits per heavy atom. The van der Waals surface area contributed by atoms with Crippen molar-refractivity contribution in [3.8, 4) is 0 Å². The Kier molecular flexibility index (Phi) is 3.92. The van der Waals surface area contributed by atoms with Crippen LogP contribution in [0.5, 0.6) is 0 Å². The summed E-state index contributed by atoms with van der Waals surface area (Å²) >= 11 is 0. The third-order valence-electron chi connectivity index (χ3n) is 2.10. The highest BCUT2D eigenvalue weighted by Crippen LogP contribution is 2.14. The van der Waals surface area contributed by atoms with Gasteiger partial charge in [-0.15, -0.1) is 0 Å². The van der Waals surface area contributed by atoms with Gasteiger partial charge >= 0.3 is 5.97 Å². The van der Waals surface area contributed by atoms with E-state index in [2.05, 4.69) is 0 Å². The highest BCUT2D eigenvalue weighted by Gasteiger charge is 1.99. The maximum atomic E-state index is 10.4. The van der Waals surface area contributed by atoms with E-state index in [1.165, 1.54) is 5.56 Å². The maximum Gasteiger partial charge on any atom is 0.329 e. The smallest absolute Gasteiger partial charge is 0.329 e.